The number of amides is 1. The molecule has 0 aliphatic heterocycles. The van der Waals surface area contributed by atoms with E-state index in [1.807, 2.05) is 13.8 Å². The van der Waals surface area contributed by atoms with E-state index in [9.17, 15) is 9.59 Å². The van der Waals surface area contributed by atoms with Crippen molar-refractivity contribution in [3.8, 4) is 23.0 Å². The smallest absolute Gasteiger partial charge is 0.276 e. The zero-order valence-electron chi connectivity index (χ0n) is 18.6. The second kappa shape index (κ2) is 11.9. The van der Waals surface area contributed by atoms with Crippen molar-refractivity contribution < 1.29 is 28.5 Å². The Labute approximate surface area is 192 Å². The minimum absolute atomic E-state index is 0.155. The number of benzene rings is 2. The third-order valence-electron chi connectivity index (χ3n) is 4.19. The van der Waals surface area contributed by atoms with Crippen molar-refractivity contribution in [3.63, 3.8) is 0 Å². The Morgan fingerprint density at radius 3 is 1.97 bits per heavy atom. The molecule has 0 heterocycles. The zero-order chi connectivity index (χ0) is 23.7. The van der Waals surface area contributed by atoms with E-state index in [1.54, 1.807) is 36.4 Å². The fraction of sp³-hybridized carbons (Fsp3) is 0.364. The summed E-state index contributed by atoms with van der Waals surface area (Å²) in [6, 6.07) is 8.39. The van der Waals surface area contributed by atoms with E-state index in [-0.39, 0.29) is 17.2 Å². The van der Waals surface area contributed by atoms with E-state index in [0.29, 0.717) is 30.4 Å². The Bertz CT molecular complexity index is 936. The van der Waals surface area contributed by atoms with Gasteiger partial charge in [-0.1, -0.05) is 6.07 Å². The number of ketones is 1. The number of hydrogen-bond donors (Lipinski definition) is 0. The van der Waals surface area contributed by atoms with Crippen LogP contribution in [0, 0.1) is 0 Å². The molecule has 172 valence electrons. The maximum absolute atomic E-state index is 13.0. The number of ether oxygens (including phenoxy) is 4. The van der Waals surface area contributed by atoms with Crippen molar-refractivity contribution in [2.75, 3.05) is 31.9 Å². The number of anilines is 1. The number of hydrogen-bond acceptors (Lipinski definition) is 8. The van der Waals surface area contributed by atoms with Crippen LogP contribution in [-0.2, 0) is 9.59 Å². The van der Waals surface area contributed by atoms with Crippen molar-refractivity contribution in [1.82, 2.24) is 0 Å². The van der Waals surface area contributed by atoms with Crippen molar-refractivity contribution in [2.24, 2.45) is 10.2 Å². The average molecular weight is 464 g/mol. The van der Waals surface area contributed by atoms with Gasteiger partial charge in [0, 0.05) is 30.0 Å². The minimum atomic E-state index is -1.48. The van der Waals surface area contributed by atoms with Gasteiger partial charge in [-0.2, -0.15) is 10.2 Å². The summed E-state index contributed by atoms with van der Waals surface area (Å²) in [6.45, 7) is 5.82. The quantitative estimate of drug-likeness (QED) is 0.271. The first-order valence-electron chi connectivity index (χ1n) is 9.88. The number of nitrogens with zero attached hydrogens (tertiary/aromatic N) is 3. The molecule has 1 unspecified atom stereocenters. The largest absolute Gasteiger partial charge is 0.494 e. The summed E-state index contributed by atoms with van der Waals surface area (Å²) in [7, 11) is 2.86. The lowest BCUT2D eigenvalue weighted by molar-refractivity contribution is -0.126. The molecule has 10 heteroatoms. The number of azo groups is 1. The third kappa shape index (κ3) is 6.10. The molecule has 9 nitrogen and oxygen atoms in total. The van der Waals surface area contributed by atoms with Crippen molar-refractivity contribution >= 4 is 34.8 Å². The van der Waals surface area contributed by atoms with E-state index >= 15 is 0 Å². The van der Waals surface area contributed by atoms with Crippen LogP contribution in [0.4, 0.5) is 11.4 Å². The van der Waals surface area contributed by atoms with Crippen LogP contribution in [-0.4, -0.2) is 45.2 Å². The van der Waals surface area contributed by atoms with Gasteiger partial charge in [0.1, 0.15) is 28.7 Å². The molecule has 0 spiro atoms. The summed E-state index contributed by atoms with van der Waals surface area (Å²) in [5.41, 5.74) is 0.511. The Balaban J connectivity index is 2.38. The molecule has 0 saturated heterocycles. The first kappa shape index (κ1) is 24.9. The standard InChI is InChI=1S/C22H26ClN3O6/c1-6-31-16-11-15(12-17(13-16)32-7-2)24-25-20(14(3)27)22(28)26(23)21-18(29-4)9-8-10-19(21)30-5/h8-13,20H,6-7H2,1-5H3. The van der Waals surface area contributed by atoms with Crippen LogP contribution in [0.15, 0.2) is 46.6 Å². The number of methoxy groups -OCH3 is 2. The van der Waals surface area contributed by atoms with Gasteiger partial charge in [-0.3, -0.25) is 9.59 Å². The molecule has 0 aliphatic carbocycles. The van der Waals surface area contributed by atoms with E-state index in [2.05, 4.69) is 10.2 Å². The van der Waals surface area contributed by atoms with Crippen LogP contribution in [0.1, 0.15) is 20.8 Å². The lowest BCUT2D eigenvalue weighted by Gasteiger charge is -2.21. The normalized spacial score (nSPS) is 11.7. The molecular formula is C22H26ClN3O6. The van der Waals surface area contributed by atoms with E-state index in [0.717, 1.165) is 4.42 Å². The predicted molar refractivity (Wildman–Crippen MR) is 121 cm³/mol. The Morgan fingerprint density at radius 2 is 1.53 bits per heavy atom. The van der Waals surface area contributed by atoms with Gasteiger partial charge < -0.3 is 18.9 Å². The highest BCUT2D eigenvalue weighted by Crippen LogP contribution is 2.39. The fourth-order valence-corrected chi connectivity index (χ4v) is 3.05. The molecule has 2 rings (SSSR count). The van der Waals surface area contributed by atoms with Gasteiger partial charge in [-0.15, -0.1) is 0 Å². The van der Waals surface area contributed by atoms with Gasteiger partial charge in [-0.05, 0) is 32.9 Å². The molecule has 2 aromatic rings. The highest BCUT2D eigenvalue weighted by atomic mass is 35.5. The molecule has 0 radical (unpaired) electrons. The van der Waals surface area contributed by atoms with Crippen molar-refractivity contribution in [3.05, 3.63) is 36.4 Å². The summed E-state index contributed by atoms with van der Waals surface area (Å²) in [4.78, 5) is 25.3. The average Bonchev–Trinajstić information content (AvgIpc) is 2.78. The fourth-order valence-electron chi connectivity index (χ4n) is 2.79. The summed E-state index contributed by atoms with van der Waals surface area (Å²) in [5, 5.41) is 8.03. The van der Waals surface area contributed by atoms with E-state index < -0.39 is 17.7 Å². The lowest BCUT2D eigenvalue weighted by Crippen LogP contribution is -2.36. The molecule has 0 saturated carbocycles. The Hall–Kier alpha value is -3.33. The lowest BCUT2D eigenvalue weighted by atomic mass is 10.2. The topological polar surface area (TPSA) is 99.0 Å². The number of carbonyl (C=O) groups is 2. The third-order valence-corrected chi connectivity index (χ3v) is 4.52. The second-order valence-electron chi connectivity index (χ2n) is 6.39. The summed E-state index contributed by atoms with van der Waals surface area (Å²) in [6.07, 6.45) is 0. The van der Waals surface area contributed by atoms with Crippen molar-refractivity contribution in [1.29, 1.82) is 0 Å². The molecule has 1 amide bonds. The van der Waals surface area contributed by atoms with Crippen molar-refractivity contribution in [2.45, 2.75) is 26.8 Å². The van der Waals surface area contributed by atoms with Crippen LogP contribution in [0.5, 0.6) is 23.0 Å². The summed E-state index contributed by atoms with van der Waals surface area (Å²) in [5.74, 6) is 0.281. The highest BCUT2D eigenvalue weighted by Gasteiger charge is 2.32. The predicted octanol–water partition coefficient (Wildman–Crippen LogP) is 4.73. The number of rotatable bonds is 11. The van der Waals surface area contributed by atoms with Crippen LogP contribution in [0.3, 0.4) is 0 Å². The molecule has 0 N–H and O–H groups in total. The van der Waals surface area contributed by atoms with Gasteiger partial charge in [0.25, 0.3) is 5.91 Å². The molecule has 32 heavy (non-hydrogen) atoms. The van der Waals surface area contributed by atoms with E-state index in [1.165, 1.54) is 21.1 Å². The Morgan fingerprint density at radius 1 is 1.00 bits per heavy atom. The molecule has 0 bridgehead atoms. The molecular weight excluding hydrogens is 438 g/mol. The number of para-hydroxylation sites is 1. The summed E-state index contributed by atoms with van der Waals surface area (Å²) >= 11 is 6.31. The monoisotopic (exact) mass is 463 g/mol. The van der Waals surface area contributed by atoms with Gasteiger partial charge in [0.05, 0.1) is 33.1 Å². The second-order valence-corrected chi connectivity index (χ2v) is 6.73. The minimum Gasteiger partial charge on any atom is -0.494 e. The highest BCUT2D eigenvalue weighted by molar-refractivity contribution is 6.39. The van der Waals surface area contributed by atoms with Gasteiger partial charge in [-0.25, -0.2) is 4.42 Å². The van der Waals surface area contributed by atoms with Crippen LogP contribution < -0.4 is 23.4 Å². The van der Waals surface area contributed by atoms with Gasteiger partial charge in [0.2, 0.25) is 6.04 Å². The molecule has 2 aromatic carbocycles. The number of halogens is 1. The first-order valence-corrected chi connectivity index (χ1v) is 10.2. The molecule has 0 fully saturated rings. The summed E-state index contributed by atoms with van der Waals surface area (Å²) < 4.78 is 22.3. The number of carbonyl (C=O) groups excluding carboxylic acids is 2. The molecule has 0 aromatic heterocycles. The SMILES string of the molecule is CCOc1cc(N=NC(C(C)=O)C(=O)N(Cl)c2c(OC)cccc2OC)cc(OCC)c1. The van der Waals surface area contributed by atoms with E-state index in [4.69, 9.17) is 30.7 Å². The molecule has 1 atom stereocenters. The maximum atomic E-state index is 13.0. The first-order chi connectivity index (χ1) is 15.4. The zero-order valence-corrected chi connectivity index (χ0v) is 19.4. The van der Waals surface area contributed by atoms with Crippen LogP contribution in [0.25, 0.3) is 0 Å². The Kier molecular flexibility index (Phi) is 9.27. The van der Waals surface area contributed by atoms with Crippen LogP contribution >= 0.6 is 11.8 Å². The van der Waals surface area contributed by atoms with Gasteiger partial charge in [0.15, 0.2) is 5.78 Å². The van der Waals surface area contributed by atoms with Crippen LogP contribution in [0.2, 0.25) is 0 Å². The van der Waals surface area contributed by atoms with Gasteiger partial charge >= 0.3 is 0 Å². The number of Topliss-reactive ketones (excluding diaryl/α,β-unsaturated/α-hetero) is 1. The maximum Gasteiger partial charge on any atom is 0.276 e. The molecule has 0 aliphatic rings.